The molecule has 1 heterocycles. The normalized spacial score (nSPS) is 13.5. The Kier molecular flexibility index (Phi) is 7.24. The smallest absolute Gasteiger partial charge is 0.231 e. The van der Waals surface area contributed by atoms with E-state index in [2.05, 4.69) is 25.0 Å². The third-order valence-electron chi connectivity index (χ3n) is 4.94. The molecule has 0 radical (unpaired) electrons. The molecule has 6 heteroatoms. The van der Waals surface area contributed by atoms with E-state index in [1.54, 1.807) is 36.4 Å². The zero-order valence-corrected chi connectivity index (χ0v) is 17.7. The highest BCUT2D eigenvalue weighted by atomic mass is 16.7. The lowest BCUT2D eigenvalue weighted by Crippen LogP contribution is -2.03. The van der Waals surface area contributed by atoms with Crippen molar-refractivity contribution in [3.63, 3.8) is 0 Å². The summed E-state index contributed by atoms with van der Waals surface area (Å²) in [5, 5.41) is 21.3. The Hall–Kier alpha value is -3.40. The van der Waals surface area contributed by atoms with E-state index in [0.29, 0.717) is 58.1 Å². The topological polar surface area (TPSA) is 77.4 Å². The summed E-state index contributed by atoms with van der Waals surface area (Å²) in [7, 11) is 3.07. The van der Waals surface area contributed by atoms with Gasteiger partial charge in [-0.15, -0.1) is 13.2 Å². The van der Waals surface area contributed by atoms with E-state index in [1.807, 2.05) is 0 Å². The highest BCUT2D eigenvalue weighted by Gasteiger charge is 2.25. The van der Waals surface area contributed by atoms with Crippen LogP contribution in [0.3, 0.4) is 0 Å². The van der Waals surface area contributed by atoms with E-state index >= 15 is 0 Å². The second-order valence-electron chi connectivity index (χ2n) is 6.89. The number of benzene rings is 2. The predicted octanol–water partition coefficient (Wildman–Crippen LogP) is 4.05. The zero-order valence-electron chi connectivity index (χ0n) is 17.7. The van der Waals surface area contributed by atoms with E-state index in [-0.39, 0.29) is 6.79 Å². The van der Waals surface area contributed by atoms with Crippen molar-refractivity contribution in [3.8, 4) is 34.8 Å². The molecule has 31 heavy (non-hydrogen) atoms. The first-order valence-corrected chi connectivity index (χ1v) is 9.82. The molecular weight excluding hydrogens is 396 g/mol. The van der Waals surface area contributed by atoms with Crippen LogP contribution in [0.25, 0.3) is 0 Å². The summed E-state index contributed by atoms with van der Waals surface area (Å²) in [6, 6.07) is 6.98. The van der Waals surface area contributed by atoms with Crippen molar-refractivity contribution >= 4 is 0 Å². The quantitative estimate of drug-likeness (QED) is 0.494. The molecule has 2 N–H and O–H groups in total. The molecule has 1 aliphatic rings. The van der Waals surface area contributed by atoms with Gasteiger partial charge in [-0.05, 0) is 31.0 Å². The summed E-state index contributed by atoms with van der Waals surface area (Å²) in [5.41, 5.74) is 2.32. The molecule has 2 atom stereocenters. The number of hydrogen-bond donors (Lipinski definition) is 2. The Morgan fingerprint density at radius 3 is 2.29 bits per heavy atom. The van der Waals surface area contributed by atoms with E-state index < -0.39 is 12.2 Å². The van der Waals surface area contributed by atoms with E-state index in [4.69, 9.17) is 18.9 Å². The maximum absolute atomic E-state index is 10.7. The number of aliphatic hydroxyl groups is 2. The second kappa shape index (κ2) is 10.1. The van der Waals surface area contributed by atoms with Crippen LogP contribution in [0.5, 0.6) is 23.0 Å². The molecule has 0 saturated heterocycles. The summed E-state index contributed by atoms with van der Waals surface area (Å²) >= 11 is 0. The van der Waals surface area contributed by atoms with Crippen molar-refractivity contribution in [2.45, 2.75) is 25.0 Å². The first kappa shape index (κ1) is 22.3. The van der Waals surface area contributed by atoms with Crippen LogP contribution in [0.1, 0.15) is 47.3 Å². The molecule has 2 aromatic rings. The largest absolute Gasteiger partial charge is 0.493 e. The standard InChI is InChI=1S/C25H26O6/c1-5-7-19(26)18-14-23(29-4)22(28-3)13-17(18)10-9-16-11-12-21-25(31-15-30-21)24(16)20(27)8-6-2/h5-6,11-14,19-20,26-27H,1-2,7-8,15H2,3-4H3. The minimum atomic E-state index is -0.838. The first-order chi connectivity index (χ1) is 15.0. The van der Waals surface area contributed by atoms with Gasteiger partial charge in [-0.2, -0.15) is 0 Å². The van der Waals surface area contributed by atoms with Crippen molar-refractivity contribution in [2.24, 2.45) is 0 Å². The fourth-order valence-corrected chi connectivity index (χ4v) is 3.41. The SMILES string of the molecule is C=CCC(O)c1cc(OC)c(OC)cc1C#Cc1ccc2c(c1C(O)CC=C)OCO2. The second-order valence-corrected chi connectivity index (χ2v) is 6.89. The lowest BCUT2D eigenvalue weighted by molar-refractivity contribution is 0.158. The molecule has 6 nitrogen and oxygen atoms in total. The molecule has 162 valence electrons. The number of ether oxygens (including phenoxy) is 4. The Bertz CT molecular complexity index is 1030. The number of aliphatic hydroxyl groups excluding tert-OH is 2. The summed E-state index contributed by atoms with van der Waals surface area (Å²) < 4.78 is 21.8. The van der Waals surface area contributed by atoms with Crippen molar-refractivity contribution < 1.29 is 29.2 Å². The van der Waals surface area contributed by atoms with Crippen LogP contribution in [-0.4, -0.2) is 31.2 Å². The van der Waals surface area contributed by atoms with Gasteiger partial charge in [-0.3, -0.25) is 0 Å². The maximum atomic E-state index is 10.7. The van der Waals surface area contributed by atoms with Crippen LogP contribution in [0.2, 0.25) is 0 Å². The van der Waals surface area contributed by atoms with Gasteiger partial charge in [0.25, 0.3) is 0 Å². The number of rotatable bonds is 8. The van der Waals surface area contributed by atoms with Crippen LogP contribution in [0.15, 0.2) is 49.6 Å². The fraction of sp³-hybridized carbons (Fsp3) is 0.280. The van der Waals surface area contributed by atoms with Crippen molar-refractivity contribution in [3.05, 3.63) is 71.8 Å². The van der Waals surface area contributed by atoms with Gasteiger partial charge in [0.2, 0.25) is 6.79 Å². The van der Waals surface area contributed by atoms with Crippen molar-refractivity contribution in [1.29, 1.82) is 0 Å². The lowest BCUT2D eigenvalue weighted by Gasteiger charge is -2.16. The molecule has 0 bridgehead atoms. The third kappa shape index (κ3) is 4.69. The molecule has 0 saturated carbocycles. The highest BCUT2D eigenvalue weighted by Crippen LogP contribution is 2.41. The molecule has 1 aliphatic heterocycles. The molecule has 0 spiro atoms. The van der Waals surface area contributed by atoms with Gasteiger partial charge in [-0.1, -0.05) is 24.0 Å². The van der Waals surface area contributed by atoms with Gasteiger partial charge in [0.1, 0.15) is 0 Å². The Balaban J connectivity index is 2.13. The summed E-state index contributed by atoms with van der Waals surface area (Å²) in [6.07, 6.45) is 2.33. The number of methoxy groups -OCH3 is 2. The first-order valence-electron chi connectivity index (χ1n) is 9.82. The average Bonchev–Trinajstić information content (AvgIpc) is 3.25. The molecule has 0 aromatic heterocycles. The zero-order chi connectivity index (χ0) is 22.4. The predicted molar refractivity (Wildman–Crippen MR) is 118 cm³/mol. The Morgan fingerprint density at radius 1 is 0.968 bits per heavy atom. The van der Waals surface area contributed by atoms with E-state index in [9.17, 15) is 10.2 Å². The van der Waals surface area contributed by atoms with Crippen LogP contribution in [-0.2, 0) is 0 Å². The van der Waals surface area contributed by atoms with E-state index in [1.165, 1.54) is 14.2 Å². The van der Waals surface area contributed by atoms with Gasteiger partial charge in [0.15, 0.2) is 23.0 Å². The number of hydrogen-bond acceptors (Lipinski definition) is 6. The van der Waals surface area contributed by atoms with Crippen LogP contribution >= 0.6 is 0 Å². The van der Waals surface area contributed by atoms with Gasteiger partial charge in [0.05, 0.1) is 26.4 Å². The van der Waals surface area contributed by atoms with Gasteiger partial charge in [-0.25, -0.2) is 0 Å². The fourth-order valence-electron chi connectivity index (χ4n) is 3.41. The molecular formula is C25H26O6. The summed E-state index contributed by atoms with van der Waals surface area (Å²) in [4.78, 5) is 0. The van der Waals surface area contributed by atoms with Gasteiger partial charge >= 0.3 is 0 Å². The molecule has 0 amide bonds. The Morgan fingerprint density at radius 2 is 1.61 bits per heavy atom. The highest BCUT2D eigenvalue weighted by molar-refractivity contribution is 5.61. The molecule has 2 unspecified atom stereocenters. The van der Waals surface area contributed by atoms with Crippen molar-refractivity contribution in [1.82, 2.24) is 0 Å². The molecule has 0 fully saturated rings. The third-order valence-corrected chi connectivity index (χ3v) is 4.94. The molecule has 3 rings (SSSR count). The Labute approximate surface area is 182 Å². The maximum Gasteiger partial charge on any atom is 0.231 e. The van der Waals surface area contributed by atoms with E-state index in [0.717, 1.165) is 0 Å². The lowest BCUT2D eigenvalue weighted by atomic mass is 9.96. The molecule has 0 aliphatic carbocycles. The summed E-state index contributed by atoms with van der Waals surface area (Å²) in [5.74, 6) is 8.27. The van der Waals surface area contributed by atoms with Crippen molar-refractivity contribution in [2.75, 3.05) is 21.0 Å². The minimum Gasteiger partial charge on any atom is -0.493 e. The van der Waals surface area contributed by atoms with Crippen LogP contribution < -0.4 is 18.9 Å². The molecule has 2 aromatic carbocycles. The van der Waals surface area contributed by atoms with Crippen LogP contribution in [0.4, 0.5) is 0 Å². The van der Waals surface area contributed by atoms with Crippen LogP contribution in [0, 0.1) is 11.8 Å². The number of fused-ring (bicyclic) bond motifs is 1. The summed E-state index contributed by atoms with van der Waals surface area (Å²) in [6.45, 7) is 7.48. The van der Waals surface area contributed by atoms with Gasteiger partial charge < -0.3 is 29.2 Å². The minimum absolute atomic E-state index is 0.0909. The average molecular weight is 422 g/mol. The monoisotopic (exact) mass is 422 g/mol. The van der Waals surface area contributed by atoms with Gasteiger partial charge in [0, 0.05) is 28.3 Å².